The van der Waals surface area contributed by atoms with E-state index in [1.807, 2.05) is 20.8 Å². The topological polar surface area (TPSA) is 259 Å². The van der Waals surface area contributed by atoms with Crippen LogP contribution in [0.2, 0.25) is 5.02 Å². The summed E-state index contributed by atoms with van der Waals surface area (Å²) in [5.74, 6) is -7.96. The highest BCUT2D eigenvalue weighted by molar-refractivity contribution is 6.31. The molecule has 4 N–H and O–H groups in total. The number of alkyl halides is 3. The van der Waals surface area contributed by atoms with Gasteiger partial charge in [0.1, 0.15) is 53.9 Å². The molecule has 3 fully saturated rings. The Bertz CT molecular complexity index is 2760. The van der Waals surface area contributed by atoms with Crippen molar-refractivity contribution in [3.63, 3.8) is 0 Å². The fourth-order valence-corrected chi connectivity index (χ4v) is 11.8. The van der Waals surface area contributed by atoms with Gasteiger partial charge in [-0.15, -0.1) is 0 Å². The van der Waals surface area contributed by atoms with E-state index in [1.165, 1.54) is 105 Å². The van der Waals surface area contributed by atoms with E-state index in [9.17, 15) is 65.9 Å². The Balaban J connectivity index is 1.83. The summed E-state index contributed by atoms with van der Waals surface area (Å²) >= 11 is 6.11. The van der Waals surface area contributed by atoms with Crippen LogP contribution in [0.25, 0.3) is 0 Å². The van der Waals surface area contributed by atoms with E-state index in [0.717, 1.165) is 49.1 Å². The van der Waals surface area contributed by atoms with Crippen LogP contribution in [0.15, 0.2) is 18.2 Å². The number of benzene rings is 1. The highest BCUT2D eigenvalue weighted by Gasteiger charge is 2.46. The third-order valence-electron chi connectivity index (χ3n) is 18.7. The van der Waals surface area contributed by atoms with Crippen molar-refractivity contribution in [3.8, 4) is 0 Å². The van der Waals surface area contributed by atoms with Crippen molar-refractivity contribution >= 4 is 76.6 Å². The quantitative estimate of drug-likeness (QED) is 0.218. The molecule has 0 radical (unpaired) electrons. The van der Waals surface area contributed by atoms with Crippen molar-refractivity contribution in [3.05, 3.63) is 34.3 Å². The van der Waals surface area contributed by atoms with Gasteiger partial charge in [0.2, 0.25) is 65.0 Å². The second kappa shape index (κ2) is 32.7. The first-order valence-electron chi connectivity index (χ1n) is 31.7. The van der Waals surface area contributed by atoms with Gasteiger partial charge in [-0.3, -0.25) is 52.7 Å². The Hall–Kier alpha value is -6.53. The highest BCUT2D eigenvalue weighted by Crippen LogP contribution is 2.36. The maximum absolute atomic E-state index is 15.0. The Labute approximate surface area is 535 Å². The molecule has 0 aromatic heterocycles. The number of rotatable bonds is 11. The lowest BCUT2D eigenvalue weighted by Crippen LogP contribution is -2.64. The molecule has 4 rings (SSSR count). The first-order valence-corrected chi connectivity index (χ1v) is 32.1. The van der Waals surface area contributed by atoms with Crippen LogP contribution in [0, 0.1) is 23.7 Å². The van der Waals surface area contributed by atoms with Gasteiger partial charge in [0.15, 0.2) is 0 Å². The van der Waals surface area contributed by atoms with Crippen LogP contribution in [0.5, 0.6) is 0 Å². The van der Waals surface area contributed by atoms with Crippen LogP contribution in [0.4, 0.5) is 13.2 Å². The smallest absolute Gasteiger partial charge is 0.343 e. The van der Waals surface area contributed by atoms with E-state index in [2.05, 4.69) is 21.3 Å². The third-order valence-corrected chi connectivity index (χ3v) is 19.0. The second-order valence-electron chi connectivity index (χ2n) is 26.7. The normalized spacial score (nSPS) is 27.1. The number of carbonyl (C=O) groups is 11. The molecule has 1 aromatic carbocycles. The van der Waals surface area contributed by atoms with E-state index in [0.29, 0.717) is 6.42 Å². The van der Waals surface area contributed by atoms with E-state index >= 15 is 0 Å². The molecule has 1 aliphatic carbocycles. The standard InChI is InChI=1S/C64H101ClF3N11O11/c1-18-38(6)53-61(89)73(12)35-52(81)79-29-28-49(79)59(87)77(16)50(34-42-22-20-19-21-23-42)60(88)76(15)41(9)54(82)69-46(27-25-43-24-26-44(45(65)33-43)64(66,67)68)56(84)70-48(31-37(4)5)58(86)78(17)63(10,11)62(90)71-47(30-36(2)3)57(85)74(13)39(7)32-51(80)75(14)40(8)55(83)72-53/h24,26,33,36-42,46-50,53H,18-23,25,27-32,34-35H2,1-17H3,(H,69,82)(H,70,84)(H,71,90)(H,72,83)/t38-,39+,40-,41+,46-,47-,48-,49?,50-,53-/m0/s1. The van der Waals surface area contributed by atoms with Gasteiger partial charge in [0, 0.05) is 61.3 Å². The minimum absolute atomic E-state index is 0.0249. The van der Waals surface area contributed by atoms with Gasteiger partial charge < -0.3 is 55.6 Å². The fraction of sp³-hybridized carbons (Fsp3) is 0.734. The van der Waals surface area contributed by atoms with Crippen LogP contribution >= 0.6 is 11.6 Å². The fourth-order valence-electron chi connectivity index (χ4n) is 11.5. The summed E-state index contributed by atoms with van der Waals surface area (Å²) in [6.45, 7) is 18.1. The molecule has 90 heavy (non-hydrogen) atoms. The van der Waals surface area contributed by atoms with Crippen molar-refractivity contribution in [2.45, 2.75) is 226 Å². The molecule has 26 heteroatoms. The summed E-state index contributed by atoms with van der Waals surface area (Å²) in [4.78, 5) is 168. The van der Waals surface area contributed by atoms with Crippen molar-refractivity contribution in [1.82, 2.24) is 55.6 Å². The van der Waals surface area contributed by atoms with Gasteiger partial charge in [-0.25, -0.2) is 0 Å². The molecule has 1 saturated carbocycles. The van der Waals surface area contributed by atoms with Crippen LogP contribution in [-0.2, 0) is 65.3 Å². The average molecular weight is 1290 g/mol. The number of amides is 11. The number of likely N-dealkylation sites (N-methyl/N-ethyl adjacent to an activating group) is 6. The van der Waals surface area contributed by atoms with Gasteiger partial charge in [-0.05, 0) is 115 Å². The predicted octanol–water partition coefficient (Wildman–Crippen LogP) is 5.41. The maximum atomic E-state index is 15.0. The molecule has 506 valence electrons. The monoisotopic (exact) mass is 1290 g/mol. The number of nitrogens with zero attached hydrogens (tertiary/aromatic N) is 7. The number of halogens is 4. The van der Waals surface area contributed by atoms with Gasteiger partial charge in [-0.1, -0.05) is 97.7 Å². The van der Waals surface area contributed by atoms with Crippen LogP contribution in [0.3, 0.4) is 0 Å². The van der Waals surface area contributed by atoms with Crippen LogP contribution in [-0.4, -0.2) is 215 Å². The minimum atomic E-state index is -4.76. The molecule has 22 nitrogen and oxygen atoms in total. The zero-order valence-electron chi connectivity index (χ0n) is 56.0. The summed E-state index contributed by atoms with van der Waals surface area (Å²) in [5.41, 5.74) is -2.49. The number of hydrogen-bond acceptors (Lipinski definition) is 11. The molecule has 0 spiro atoms. The predicted molar refractivity (Wildman–Crippen MR) is 335 cm³/mol. The van der Waals surface area contributed by atoms with Crippen molar-refractivity contribution in [2.75, 3.05) is 55.4 Å². The Morgan fingerprint density at radius 1 is 0.633 bits per heavy atom. The molecule has 2 aliphatic heterocycles. The summed E-state index contributed by atoms with van der Waals surface area (Å²) in [7, 11) is 8.54. The summed E-state index contributed by atoms with van der Waals surface area (Å²) < 4.78 is 41.3. The molecular weight excluding hydrogens is 1190 g/mol. The largest absolute Gasteiger partial charge is 0.417 e. The summed E-state index contributed by atoms with van der Waals surface area (Å²) in [6, 6.07) is -7.30. The first kappa shape index (κ1) is 75.9. The van der Waals surface area contributed by atoms with Gasteiger partial charge in [-0.2, -0.15) is 13.2 Å². The number of aryl methyl sites for hydroxylation is 1. The molecule has 1 unspecified atom stereocenters. The van der Waals surface area contributed by atoms with Crippen molar-refractivity contribution in [2.24, 2.45) is 23.7 Å². The van der Waals surface area contributed by atoms with E-state index < -0.39 is 154 Å². The molecule has 1 aromatic rings. The van der Waals surface area contributed by atoms with E-state index in [-0.39, 0.29) is 74.8 Å². The number of nitrogens with one attached hydrogen (secondary N) is 4. The van der Waals surface area contributed by atoms with Crippen LogP contribution in [0.1, 0.15) is 164 Å². The second-order valence-corrected chi connectivity index (χ2v) is 27.1. The maximum Gasteiger partial charge on any atom is 0.417 e. The number of hydrogen-bond donors (Lipinski definition) is 4. The molecule has 0 bridgehead atoms. The SMILES string of the molecule is CC[C@H](C)[C@@H]1NC(=O)[C@H](C)N(C)C(=O)C[C@@H](C)N(C)C(=O)[C@H](CC(C)C)NC(=O)C(C)(C)N(C)C(=O)[C@H](CC(C)C)NC(=O)[C@H](CCc2ccc(C(F)(F)F)c(Cl)c2)NC(=O)[C@@H](C)N(C)C(=O)[C@H](CC2CCCCC2)N(C)C(=O)C2CCN2C(=O)CN(C)C1=O. The number of fused-ring (bicyclic) bond motifs is 1. The van der Waals surface area contributed by atoms with E-state index in [1.54, 1.807) is 27.7 Å². The minimum Gasteiger partial charge on any atom is -0.343 e. The Kier molecular flexibility index (Phi) is 27.5. The molecular formula is C64H101ClF3N11O11. The van der Waals surface area contributed by atoms with Gasteiger partial charge in [0.25, 0.3) is 0 Å². The van der Waals surface area contributed by atoms with Crippen molar-refractivity contribution in [1.29, 1.82) is 0 Å². The molecule has 2 heterocycles. The molecule has 3 aliphatic rings. The lowest BCUT2D eigenvalue weighted by molar-refractivity contribution is -0.158. The molecule has 10 atom stereocenters. The first-order chi connectivity index (χ1) is 41.8. The van der Waals surface area contributed by atoms with Gasteiger partial charge in [0.05, 0.1) is 17.1 Å². The number of carbonyl (C=O) groups excluding carboxylic acids is 11. The Morgan fingerprint density at radius 3 is 1.72 bits per heavy atom. The molecule has 2 saturated heterocycles. The average Bonchev–Trinajstić information content (AvgIpc) is 0.843. The van der Waals surface area contributed by atoms with Gasteiger partial charge >= 0.3 is 6.18 Å². The lowest BCUT2D eigenvalue weighted by atomic mass is 9.84. The zero-order valence-corrected chi connectivity index (χ0v) is 56.7. The zero-order chi connectivity index (χ0) is 68.2. The Morgan fingerprint density at radius 2 is 1.19 bits per heavy atom. The summed E-state index contributed by atoms with van der Waals surface area (Å²) in [5, 5.41) is 10.6. The lowest BCUT2D eigenvalue weighted by Gasteiger charge is -2.44. The van der Waals surface area contributed by atoms with Crippen molar-refractivity contribution < 1.29 is 65.9 Å². The van der Waals surface area contributed by atoms with E-state index in [4.69, 9.17) is 11.6 Å². The molecule has 11 amide bonds. The third kappa shape index (κ3) is 19.5. The highest BCUT2D eigenvalue weighted by atomic mass is 35.5. The summed E-state index contributed by atoms with van der Waals surface area (Å²) in [6.07, 6.45) is 0.118. The van der Waals surface area contributed by atoms with Crippen LogP contribution < -0.4 is 21.3 Å².